The van der Waals surface area contributed by atoms with E-state index in [1.807, 2.05) is 12.1 Å². The van der Waals surface area contributed by atoms with Crippen LogP contribution in [0.25, 0.3) is 0 Å². The highest BCUT2D eigenvalue weighted by Gasteiger charge is 2.12. The standard InChI is InChI=1S/C15H21N3O4/c1-10(2)17-18-15(20)14(19)16-8-7-11-5-6-12(21-3)13(9-11)22-4/h5-6,9H,7-8H2,1-4H3,(H,16,19)(H,18,20). The SMILES string of the molecule is COc1ccc(CCNC(=O)C(=O)NN=C(C)C)cc1OC. The van der Waals surface area contributed by atoms with Gasteiger partial charge in [-0.15, -0.1) is 0 Å². The molecule has 0 spiro atoms. The monoisotopic (exact) mass is 307 g/mol. The molecular weight excluding hydrogens is 286 g/mol. The Hall–Kier alpha value is -2.57. The van der Waals surface area contributed by atoms with Gasteiger partial charge in [0.25, 0.3) is 0 Å². The first-order chi connectivity index (χ1) is 10.5. The van der Waals surface area contributed by atoms with Crippen molar-refractivity contribution < 1.29 is 19.1 Å². The van der Waals surface area contributed by atoms with Gasteiger partial charge in [0.05, 0.1) is 14.2 Å². The first-order valence-corrected chi connectivity index (χ1v) is 6.78. The molecule has 0 atom stereocenters. The van der Waals surface area contributed by atoms with Crippen molar-refractivity contribution in [3.63, 3.8) is 0 Å². The second-order valence-corrected chi connectivity index (χ2v) is 4.70. The van der Waals surface area contributed by atoms with Crippen LogP contribution in [0.2, 0.25) is 0 Å². The largest absolute Gasteiger partial charge is 0.493 e. The molecule has 2 amide bonds. The topological polar surface area (TPSA) is 89.0 Å². The number of hydrazone groups is 1. The number of amides is 2. The highest BCUT2D eigenvalue weighted by atomic mass is 16.5. The number of hydrogen-bond acceptors (Lipinski definition) is 5. The van der Waals surface area contributed by atoms with E-state index in [9.17, 15) is 9.59 Å². The van der Waals surface area contributed by atoms with Crippen molar-refractivity contribution in [2.45, 2.75) is 20.3 Å². The molecule has 0 bridgehead atoms. The van der Waals surface area contributed by atoms with Gasteiger partial charge < -0.3 is 14.8 Å². The van der Waals surface area contributed by atoms with Gasteiger partial charge in [-0.1, -0.05) is 6.07 Å². The van der Waals surface area contributed by atoms with Crippen molar-refractivity contribution in [1.29, 1.82) is 0 Å². The molecule has 0 fully saturated rings. The van der Waals surface area contributed by atoms with Crippen molar-refractivity contribution >= 4 is 17.5 Å². The van der Waals surface area contributed by atoms with Crippen LogP contribution in [0.4, 0.5) is 0 Å². The van der Waals surface area contributed by atoms with E-state index in [0.29, 0.717) is 30.2 Å². The molecule has 0 radical (unpaired) electrons. The summed E-state index contributed by atoms with van der Waals surface area (Å²) in [5.41, 5.74) is 3.78. The Morgan fingerprint density at radius 3 is 2.36 bits per heavy atom. The Morgan fingerprint density at radius 1 is 1.09 bits per heavy atom. The average molecular weight is 307 g/mol. The molecule has 7 nitrogen and oxygen atoms in total. The number of methoxy groups -OCH3 is 2. The predicted molar refractivity (Wildman–Crippen MR) is 83.2 cm³/mol. The number of benzene rings is 1. The van der Waals surface area contributed by atoms with Gasteiger partial charge >= 0.3 is 11.8 Å². The minimum absolute atomic E-state index is 0.330. The Balaban J connectivity index is 2.48. The van der Waals surface area contributed by atoms with Crippen LogP contribution in [-0.4, -0.2) is 38.3 Å². The second kappa shape index (κ2) is 8.66. The number of nitrogens with zero attached hydrogens (tertiary/aromatic N) is 1. The predicted octanol–water partition coefficient (Wildman–Crippen LogP) is 0.874. The van der Waals surface area contributed by atoms with Crippen LogP contribution in [0.1, 0.15) is 19.4 Å². The van der Waals surface area contributed by atoms with Crippen molar-refractivity contribution in [2.75, 3.05) is 20.8 Å². The fraction of sp³-hybridized carbons (Fsp3) is 0.400. The molecule has 120 valence electrons. The zero-order valence-electron chi connectivity index (χ0n) is 13.2. The molecule has 0 unspecified atom stereocenters. The number of rotatable bonds is 6. The summed E-state index contributed by atoms with van der Waals surface area (Å²) >= 11 is 0. The van der Waals surface area contributed by atoms with E-state index in [4.69, 9.17) is 9.47 Å². The van der Waals surface area contributed by atoms with Gasteiger partial charge in [-0.05, 0) is 38.0 Å². The normalized spacial score (nSPS) is 9.64. The Labute approximate surface area is 129 Å². The summed E-state index contributed by atoms with van der Waals surface area (Å²) < 4.78 is 10.4. The third-order valence-electron chi connectivity index (χ3n) is 2.73. The maximum atomic E-state index is 11.5. The molecule has 22 heavy (non-hydrogen) atoms. The molecule has 7 heteroatoms. The number of carbonyl (C=O) groups excluding carboxylic acids is 2. The molecule has 2 N–H and O–H groups in total. The number of ether oxygens (including phenoxy) is 2. The van der Waals surface area contributed by atoms with E-state index >= 15 is 0 Å². The van der Waals surface area contributed by atoms with Crippen molar-refractivity contribution in [1.82, 2.24) is 10.7 Å². The van der Waals surface area contributed by atoms with Gasteiger partial charge in [-0.2, -0.15) is 5.10 Å². The Morgan fingerprint density at radius 2 is 1.77 bits per heavy atom. The first-order valence-electron chi connectivity index (χ1n) is 6.78. The smallest absolute Gasteiger partial charge is 0.329 e. The molecule has 0 saturated heterocycles. The molecule has 0 aliphatic carbocycles. The maximum Gasteiger partial charge on any atom is 0.329 e. The Bertz CT molecular complexity index is 566. The van der Waals surface area contributed by atoms with Gasteiger partial charge in [-0.3, -0.25) is 9.59 Å². The first kappa shape index (κ1) is 17.5. The molecule has 0 aliphatic rings. The second-order valence-electron chi connectivity index (χ2n) is 4.70. The van der Waals surface area contributed by atoms with E-state index in [-0.39, 0.29) is 0 Å². The van der Waals surface area contributed by atoms with Gasteiger partial charge in [0.15, 0.2) is 11.5 Å². The molecule has 1 rings (SSSR count). The minimum Gasteiger partial charge on any atom is -0.493 e. The van der Waals surface area contributed by atoms with Crippen molar-refractivity contribution in [3.05, 3.63) is 23.8 Å². The van der Waals surface area contributed by atoms with E-state index < -0.39 is 11.8 Å². The zero-order valence-corrected chi connectivity index (χ0v) is 13.2. The van der Waals surface area contributed by atoms with Gasteiger partial charge in [-0.25, -0.2) is 5.43 Å². The molecular formula is C15H21N3O4. The van der Waals surface area contributed by atoms with Gasteiger partial charge in [0, 0.05) is 12.3 Å². The summed E-state index contributed by atoms with van der Waals surface area (Å²) in [4.78, 5) is 22.9. The third kappa shape index (κ3) is 5.43. The van der Waals surface area contributed by atoms with E-state index in [0.717, 1.165) is 5.56 Å². The Kier molecular flexibility index (Phi) is 6.88. The number of carbonyl (C=O) groups is 2. The summed E-state index contributed by atoms with van der Waals surface area (Å²) in [6.07, 6.45) is 0.565. The summed E-state index contributed by atoms with van der Waals surface area (Å²) in [7, 11) is 3.13. The quantitative estimate of drug-likeness (QED) is 0.464. The number of nitrogens with one attached hydrogen (secondary N) is 2. The summed E-state index contributed by atoms with van der Waals surface area (Å²) in [5, 5.41) is 6.21. The average Bonchev–Trinajstić information content (AvgIpc) is 2.52. The zero-order chi connectivity index (χ0) is 16.5. The maximum absolute atomic E-state index is 11.5. The van der Waals surface area contributed by atoms with Crippen molar-refractivity contribution in [3.8, 4) is 11.5 Å². The van der Waals surface area contributed by atoms with Crippen LogP contribution in [-0.2, 0) is 16.0 Å². The fourth-order valence-electron chi connectivity index (χ4n) is 1.65. The van der Waals surface area contributed by atoms with Crippen LogP contribution in [0.3, 0.4) is 0 Å². The molecule has 0 heterocycles. The summed E-state index contributed by atoms with van der Waals surface area (Å²) in [6, 6.07) is 5.50. The lowest BCUT2D eigenvalue weighted by molar-refractivity contribution is -0.139. The van der Waals surface area contributed by atoms with Crippen LogP contribution in [0.15, 0.2) is 23.3 Å². The van der Waals surface area contributed by atoms with Crippen molar-refractivity contribution in [2.24, 2.45) is 5.10 Å². The fourth-order valence-corrected chi connectivity index (χ4v) is 1.65. The minimum atomic E-state index is -0.784. The van der Waals surface area contributed by atoms with Crippen LogP contribution in [0, 0.1) is 0 Å². The lowest BCUT2D eigenvalue weighted by Gasteiger charge is -2.10. The van der Waals surface area contributed by atoms with E-state index in [1.165, 1.54) is 0 Å². The highest BCUT2D eigenvalue weighted by Crippen LogP contribution is 2.27. The molecule has 0 aliphatic heterocycles. The third-order valence-corrected chi connectivity index (χ3v) is 2.73. The summed E-state index contributed by atoms with van der Waals surface area (Å²) in [6.45, 7) is 3.76. The molecule has 0 aromatic heterocycles. The highest BCUT2D eigenvalue weighted by molar-refractivity contribution is 6.35. The lowest BCUT2D eigenvalue weighted by atomic mass is 10.1. The van der Waals surface area contributed by atoms with Crippen LogP contribution < -0.4 is 20.2 Å². The molecule has 1 aromatic rings. The van der Waals surface area contributed by atoms with Crippen LogP contribution >= 0.6 is 0 Å². The van der Waals surface area contributed by atoms with E-state index in [2.05, 4.69) is 15.8 Å². The number of hydrogen-bond donors (Lipinski definition) is 2. The lowest BCUT2D eigenvalue weighted by Crippen LogP contribution is -2.38. The van der Waals surface area contributed by atoms with E-state index in [1.54, 1.807) is 34.1 Å². The van der Waals surface area contributed by atoms with Gasteiger partial charge in [0.1, 0.15) is 0 Å². The molecule has 1 aromatic carbocycles. The van der Waals surface area contributed by atoms with Gasteiger partial charge in [0.2, 0.25) is 0 Å². The molecule has 0 saturated carbocycles. The summed E-state index contributed by atoms with van der Waals surface area (Å²) in [5.74, 6) is -0.238. The van der Waals surface area contributed by atoms with Crippen LogP contribution in [0.5, 0.6) is 11.5 Å².